The highest BCUT2D eigenvalue weighted by atomic mass is 35.5. The number of carbonyl (C=O) groups is 2. The minimum Gasteiger partial charge on any atom is -0.495 e. The molecule has 2 N–H and O–H groups in total. The van der Waals surface area contributed by atoms with Crippen molar-refractivity contribution in [3.63, 3.8) is 0 Å². The number of ether oxygens (including phenoxy) is 2. The first-order valence-corrected chi connectivity index (χ1v) is 10.2. The number of halogens is 2. The Hall–Kier alpha value is -3.55. The molecule has 3 rings (SSSR count). The Balaban J connectivity index is 1.48. The minimum atomic E-state index is -0.416. The first-order valence-electron chi connectivity index (χ1n) is 9.40. The number of rotatable bonds is 8. The van der Waals surface area contributed by atoms with Crippen LogP contribution >= 0.6 is 23.2 Å². The molecule has 32 heavy (non-hydrogen) atoms. The summed E-state index contributed by atoms with van der Waals surface area (Å²) in [5.74, 6) is 0.346. The van der Waals surface area contributed by atoms with Crippen LogP contribution < -0.4 is 20.2 Å². The molecule has 0 atom stereocenters. The lowest BCUT2D eigenvalue weighted by Gasteiger charge is -2.10. The van der Waals surface area contributed by atoms with Crippen molar-refractivity contribution in [3.05, 3.63) is 87.9 Å². The predicted molar refractivity (Wildman–Crippen MR) is 125 cm³/mol. The molecule has 0 bridgehead atoms. The maximum atomic E-state index is 12.1. The van der Waals surface area contributed by atoms with Crippen LogP contribution in [0.1, 0.15) is 15.9 Å². The second-order valence-corrected chi connectivity index (χ2v) is 7.25. The number of methoxy groups -OCH3 is 1. The predicted octanol–water partition coefficient (Wildman–Crippen LogP) is 4.78. The van der Waals surface area contributed by atoms with Gasteiger partial charge in [0, 0.05) is 5.56 Å². The molecule has 3 aromatic rings. The summed E-state index contributed by atoms with van der Waals surface area (Å²) in [5.41, 5.74) is 4.05. The largest absolute Gasteiger partial charge is 0.495 e. The summed E-state index contributed by atoms with van der Waals surface area (Å²) in [5, 5.41) is 7.31. The minimum absolute atomic E-state index is 0.162. The molecule has 0 aliphatic rings. The number of hydrogen-bond donors (Lipinski definition) is 2. The second kappa shape index (κ2) is 11.2. The van der Waals surface area contributed by atoms with Gasteiger partial charge in [-0.05, 0) is 60.2 Å². The Morgan fingerprint density at radius 3 is 2.47 bits per heavy atom. The molecule has 0 heterocycles. The van der Waals surface area contributed by atoms with E-state index in [4.69, 9.17) is 32.7 Å². The molecular formula is C23H19Cl2N3O4. The van der Waals surface area contributed by atoms with E-state index in [1.165, 1.54) is 25.5 Å². The van der Waals surface area contributed by atoms with Crippen LogP contribution in [0.4, 0.5) is 5.69 Å². The van der Waals surface area contributed by atoms with Crippen molar-refractivity contribution >= 4 is 46.9 Å². The van der Waals surface area contributed by atoms with Crippen molar-refractivity contribution in [1.29, 1.82) is 0 Å². The highest BCUT2D eigenvalue weighted by molar-refractivity contribution is 6.42. The van der Waals surface area contributed by atoms with Gasteiger partial charge in [-0.2, -0.15) is 5.10 Å². The summed E-state index contributed by atoms with van der Waals surface area (Å²) >= 11 is 11.7. The SMILES string of the molecule is COc1ccccc1NC(=O)COc1ccc(/C=N\NC(=O)c2ccc(Cl)c(Cl)c2)cc1. The van der Waals surface area contributed by atoms with Crippen molar-refractivity contribution in [1.82, 2.24) is 5.43 Å². The number of amides is 2. The molecular weight excluding hydrogens is 453 g/mol. The Morgan fingerprint density at radius 2 is 1.75 bits per heavy atom. The number of para-hydroxylation sites is 2. The molecule has 0 fully saturated rings. The van der Waals surface area contributed by atoms with Crippen molar-refractivity contribution in [2.75, 3.05) is 19.0 Å². The van der Waals surface area contributed by atoms with Gasteiger partial charge in [0.15, 0.2) is 6.61 Å². The lowest BCUT2D eigenvalue weighted by atomic mass is 10.2. The van der Waals surface area contributed by atoms with Gasteiger partial charge in [-0.1, -0.05) is 35.3 Å². The Kier molecular flexibility index (Phi) is 8.08. The Bertz CT molecular complexity index is 1130. The van der Waals surface area contributed by atoms with Crippen LogP contribution in [-0.2, 0) is 4.79 Å². The van der Waals surface area contributed by atoms with Crippen LogP contribution in [0.5, 0.6) is 11.5 Å². The van der Waals surface area contributed by atoms with Crippen LogP contribution in [-0.4, -0.2) is 31.7 Å². The van der Waals surface area contributed by atoms with E-state index in [0.717, 1.165) is 5.56 Å². The van der Waals surface area contributed by atoms with E-state index in [1.807, 2.05) is 6.07 Å². The maximum Gasteiger partial charge on any atom is 0.271 e. The van der Waals surface area contributed by atoms with Gasteiger partial charge in [0.1, 0.15) is 11.5 Å². The fourth-order valence-electron chi connectivity index (χ4n) is 2.60. The van der Waals surface area contributed by atoms with E-state index < -0.39 is 5.91 Å². The van der Waals surface area contributed by atoms with E-state index >= 15 is 0 Å². The van der Waals surface area contributed by atoms with E-state index in [9.17, 15) is 9.59 Å². The average Bonchev–Trinajstić information content (AvgIpc) is 2.80. The van der Waals surface area contributed by atoms with Crippen LogP contribution in [0.15, 0.2) is 71.8 Å². The van der Waals surface area contributed by atoms with E-state index in [-0.39, 0.29) is 17.5 Å². The second-order valence-electron chi connectivity index (χ2n) is 6.43. The quantitative estimate of drug-likeness (QED) is 0.365. The lowest BCUT2D eigenvalue weighted by molar-refractivity contribution is -0.118. The third kappa shape index (κ3) is 6.47. The van der Waals surface area contributed by atoms with Crippen molar-refractivity contribution in [2.45, 2.75) is 0 Å². The summed E-state index contributed by atoms with van der Waals surface area (Å²) in [6.07, 6.45) is 1.48. The van der Waals surface area contributed by atoms with Gasteiger partial charge >= 0.3 is 0 Å². The first-order chi connectivity index (χ1) is 15.5. The Labute approximate surface area is 194 Å². The standard InChI is InChI=1S/C23H19Cl2N3O4/c1-31-21-5-3-2-4-20(21)27-22(29)14-32-17-9-6-15(7-10-17)13-26-28-23(30)16-8-11-18(24)19(25)12-16/h2-13H,14H2,1H3,(H,27,29)(H,28,30)/b26-13-. The summed E-state index contributed by atoms with van der Waals surface area (Å²) < 4.78 is 10.7. The van der Waals surface area contributed by atoms with Gasteiger partial charge in [0.05, 0.1) is 29.1 Å². The van der Waals surface area contributed by atoms with Gasteiger partial charge in [-0.25, -0.2) is 5.43 Å². The molecule has 0 aromatic heterocycles. The fourth-order valence-corrected chi connectivity index (χ4v) is 2.90. The molecule has 0 unspecified atom stereocenters. The number of hydrazone groups is 1. The van der Waals surface area contributed by atoms with Crippen molar-refractivity contribution in [3.8, 4) is 11.5 Å². The molecule has 0 saturated heterocycles. The average molecular weight is 472 g/mol. The van der Waals surface area contributed by atoms with Crippen molar-refractivity contribution < 1.29 is 19.1 Å². The molecule has 164 valence electrons. The fraction of sp³-hybridized carbons (Fsp3) is 0.0870. The zero-order chi connectivity index (χ0) is 22.9. The third-order valence-corrected chi connectivity index (χ3v) is 4.93. The summed E-state index contributed by atoms with van der Waals surface area (Å²) in [6.45, 7) is -0.162. The molecule has 0 spiro atoms. The molecule has 2 amide bonds. The topological polar surface area (TPSA) is 89.0 Å². The number of nitrogens with one attached hydrogen (secondary N) is 2. The van der Waals surface area contributed by atoms with E-state index in [1.54, 1.807) is 48.5 Å². The molecule has 3 aromatic carbocycles. The van der Waals surface area contributed by atoms with E-state index in [0.29, 0.717) is 27.8 Å². The summed E-state index contributed by atoms with van der Waals surface area (Å²) in [6, 6.07) is 18.5. The molecule has 0 aliphatic carbocycles. The molecule has 9 heteroatoms. The van der Waals surface area contributed by atoms with E-state index in [2.05, 4.69) is 15.8 Å². The normalized spacial score (nSPS) is 10.6. The number of nitrogens with zero attached hydrogens (tertiary/aromatic N) is 1. The van der Waals surface area contributed by atoms with Crippen LogP contribution in [0.3, 0.4) is 0 Å². The van der Waals surface area contributed by atoms with Gasteiger partial charge in [-0.15, -0.1) is 0 Å². The van der Waals surface area contributed by atoms with Crippen LogP contribution in [0, 0.1) is 0 Å². The van der Waals surface area contributed by atoms with Gasteiger partial charge in [0.2, 0.25) is 0 Å². The van der Waals surface area contributed by atoms with Gasteiger partial charge < -0.3 is 14.8 Å². The van der Waals surface area contributed by atoms with Gasteiger partial charge in [-0.3, -0.25) is 9.59 Å². The Morgan fingerprint density at radius 1 is 1.00 bits per heavy atom. The third-order valence-electron chi connectivity index (χ3n) is 4.19. The van der Waals surface area contributed by atoms with Crippen molar-refractivity contribution in [2.24, 2.45) is 5.10 Å². The maximum absolute atomic E-state index is 12.1. The number of benzene rings is 3. The molecule has 0 radical (unpaired) electrons. The first kappa shape index (κ1) is 23.1. The van der Waals surface area contributed by atoms with Crippen LogP contribution in [0.25, 0.3) is 0 Å². The number of anilines is 1. The summed E-state index contributed by atoms with van der Waals surface area (Å²) in [4.78, 5) is 24.2. The highest BCUT2D eigenvalue weighted by Crippen LogP contribution is 2.23. The molecule has 0 saturated carbocycles. The zero-order valence-corrected chi connectivity index (χ0v) is 18.5. The molecule has 0 aliphatic heterocycles. The smallest absolute Gasteiger partial charge is 0.271 e. The van der Waals surface area contributed by atoms with Crippen LogP contribution in [0.2, 0.25) is 10.0 Å². The monoisotopic (exact) mass is 471 g/mol. The zero-order valence-electron chi connectivity index (χ0n) is 17.0. The summed E-state index contributed by atoms with van der Waals surface area (Å²) in [7, 11) is 1.53. The lowest BCUT2D eigenvalue weighted by Crippen LogP contribution is -2.20. The number of hydrogen-bond acceptors (Lipinski definition) is 5. The highest BCUT2D eigenvalue weighted by Gasteiger charge is 2.08. The molecule has 7 nitrogen and oxygen atoms in total. The van der Waals surface area contributed by atoms with Gasteiger partial charge in [0.25, 0.3) is 11.8 Å². The number of carbonyl (C=O) groups excluding carboxylic acids is 2.